The molecule has 1 aromatic carbocycles. The third-order valence-electron chi connectivity index (χ3n) is 6.58. The van der Waals surface area contributed by atoms with Crippen molar-refractivity contribution >= 4 is 21.7 Å². The summed E-state index contributed by atoms with van der Waals surface area (Å²) in [5.74, 6) is -0.00735. The molecular weight excluding hydrogens is 374 g/mol. The zero-order valence-electron chi connectivity index (χ0n) is 16.7. The second-order valence-electron chi connectivity index (χ2n) is 8.32. The van der Waals surface area contributed by atoms with Gasteiger partial charge in [-0.05, 0) is 93.1 Å². The highest BCUT2D eigenvalue weighted by atomic mass is 32.2. The molecule has 2 aliphatic carbocycles. The zero-order chi connectivity index (χ0) is 19.7. The second kappa shape index (κ2) is 8.03. The van der Waals surface area contributed by atoms with E-state index in [9.17, 15) is 13.2 Å². The van der Waals surface area contributed by atoms with Gasteiger partial charge >= 0.3 is 6.03 Å². The lowest BCUT2D eigenvalue weighted by Gasteiger charge is -2.22. The van der Waals surface area contributed by atoms with Crippen LogP contribution in [0.25, 0.3) is 0 Å². The van der Waals surface area contributed by atoms with Gasteiger partial charge in [0.15, 0.2) is 0 Å². The molecule has 4 rings (SSSR count). The number of anilines is 1. The highest BCUT2D eigenvalue weighted by Gasteiger charge is 2.27. The van der Waals surface area contributed by atoms with Crippen molar-refractivity contribution < 1.29 is 13.2 Å². The minimum absolute atomic E-state index is 0.00735. The maximum Gasteiger partial charge on any atom is 0.332 e. The predicted molar refractivity (Wildman–Crippen MR) is 111 cm³/mol. The molecule has 0 unspecified atom stereocenters. The Morgan fingerprint density at radius 3 is 2.43 bits per heavy atom. The van der Waals surface area contributed by atoms with Crippen LogP contribution in [-0.2, 0) is 35.7 Å². The monoisotopic (exact) mass is 405 g/mol. The van der Waals surface area contributed by atoms with Crippen molar-refractivity contribution in [1.82, 2.24) is 9.62 Å². The standard InChI is InChI=1S/C21H31N3O3S/c1-2-24-12-5-8-17(24)11-13-28(26,27)23-21(25)22-20-18-9-3-6-15(18)14-16-7-4-10-19(16)20/h14,17H,2-13H2,1H3,(H2,22,23,25)/t17-/m0/s1. The summed E-state index contributed by atoms with van der Waals surface area (Å²) in [5, 5.41) is 2.91. The Labute approximate surface area is 168 Å². The third-order valence-corrected chi connectivity index (χ3v) is 7.85. The van der Waals surface area contributed by atoms with E-state index in [0.29, 0.717) is 12.5 Å². The van der Waals surface area contributed by atoms with E-state index in [1.54, 1.807) is 0 Å². The van der Waals surface area contributed by atoms with Gasteiger partial charge in [0, 0.05) is 11.7 Å². The van der Waals surface area contributed by atoms with E-state index < -0.39 is 16.1 Å². The van der Waals surface area contributed by atoms with Gasteiger partial charge in [0.25, 0.3) is 0 Å². The molecule has 0 saturated carbocycles. The van der Waals surface area contributed by atoms with Gasteiger partial charge in [-0.1, -0.05) is 13.0 Å². The van der Waals surface area contributed by atoms with Crippen LogP contribution in [0.4, 0.5) is 10.5 Å². The number of hydrogen-bond donors (Lipinski definition) is 2. The van der Waals surface area contributed by atoms with Crippen molar-refractivity contribution in [3.8, 4) is 0 Å². The summed E-state index contributed by atoms with van der Waals surface area (Å²) in [6, 6.07) is 1.99. The summed E-state index contributed by atoms with van der Waals surface area (Å²) >= 11 is 0. The van der Waals surface area contributed by atoms with Crippen LogP contribution in [0.2, 0.25) is 0 Å². The number of benzene rings is 1. The fourth-order valence-electron chi connectivity index (χ4n) is 5.23. The molecule has 1 heterocycles. The number of amides is 2. The lowest BCUT2D eigenvalue weighted by Crippen LogP contribution is -2.38. The van der Waals surface area contributed by atoms with Crippen molar-refractivity contribution in [2.45, 2.75) is 70.8 Å². The number of hydrogen-bond acceptors (Lipinski definition) is 4. The molecule has 2 amide bonds. The molecule has 1 aliphatic heterocycles. The Hall–Kier alpha value is -1.60. The molecule has 2 N–H and O–H groups in total. The quantitative estimate of drug-likeness (QED) is 0.763. The summed E-state index contributed by atoms with van der Waals surface area (Å²) < 4.78 is 27.2. The summed E-state index contributed by atoms with van der Waals surface area (Å²) in [5.41, 5.74) is 5.93. The molecule has 1 fully saturated rings. The van der Waals surface area contributed by atoms with Gasteiger partial charge in [0.1, 0.15) is 0 Å². The Morgan fingerprint density at radius 2 is 1.79 bits per heavy atom. The van der Waals surface area contributed by atoms with Gasteiger partial charge in [-0.25, -0.2) is 17.9 Å². The molecule has 154 valence electrons. The molecule has 1 saturated heterocycles. The number of nitrogens with zero attached hydrogens (tertiary/aromatic N) is 1. The van der Waals surface area contributed by atoms with E-state index in [-0.39, 0.29) is 5.75 Å². The molecule has 3 aliphatic rings. The van der Waals surface area contributed by atoms with Crippen LogP contribution in [0.5, 0.6) is 0 Å². The van der Waals surface area contributed by atoms with Crippen molar-refractivity contribution in [3.63, 3.8) is 0 Å². The first-order chi connectivity index (χ1) is 13.5. The van der Waals surface area contributed by atoms with Crippen molar-refractivity contribution in [2.75, 3.05) is 24.2 Å². The summed E-state index contributed by atoms with van der Waals surface area (Å²) in [6.45, 7) is 4.09. The predicted octanol–water partition coefficient (Wildman–Crippen LogP) is 2.99. The molecule has 28 heavy (non-hydrogen) atoms. The number of carbonyl (C=O) groups excluding carboxylic acids is 1. The lowest BCUT2D eigenvalue weighted by molar-refractivity contribution is 0.255. The highest BCUT2D eigenvalue weighted by Crippen LogP contribution is 2.38. The first kappa shape index (κ1) is 19.7. The molecule has 0 aromatic heterocycles. The van der Waals surface area contributed by atoms with Crippen LogP contribution >= 0.6 is 0 Å². The number of aryl methyl sites for hydroxylation is 2. The van der Waals surface area contributed by atoms with Crippen LogP contribution in [0, 0.1) is 0 Å². The van der Waals surface area contributed by atoms with Crippen LogP contribution in [0.15, 0.2) is 6.07 Å². The lowest BCUT2D eigenvalue weighted by atomic mass is 9.99. The minimum atomic E-state index is -3.64. The van der Waals surface area contributed by atoms with Crippen LogP contribution in [0.3, 0.4) is 0 Å². The van der Waals surface area contributed by atoms with E-state index in [4.69, 9.17) is 0 Å². The number of rotatable bonds is 6. The van der Waals surface area contributed by atoms with Gasteiger partial charge < -0.3 is 10.2 Å². The number of urea groups is 1. The molecule has 6 nitrogen and oxygen atoms in total. The number of nitrogens with one attached hydrogen (secondary N) is 2. The van der Waals surface area contributed by atoms with E-state index in [1.165, 1.54) is 22.3 Å². The maximum absolute atomic E-state index is 12.5. The third kappa shape index (κ3) is 4.06. The topological polar surface area (TPSA) is 78.5 Å². The van der Waals surface area contributed by atoms with Crippen molar-refractivity contribution in [1.29, 1.82) is 0 Å². The second-order valence-corrected chi connectivity index (χ2v) is 10.2. The van der Waals surface area contributed by atoms with E-state index in [0.717, 1.165) is 70.1 Å². The van der Waals surface area contributed by atoms with E-state index >= 15 is 0 Å². The molecule has 1 atom stereocenters. The number of carbonyl (C=O) groups is 1. The van der Waals surface area contributed by atoms with Gasteiger partial charge in [-0.2, -0.15) is 0 Å². The summed E-state index contributed by atoms with van der Waals surface area (Å²) in [7, 11) is -3.64. The summed E-state index contributed by atoms with van der Waals surface area (Å²) in [6.07, 6.45) is 8.95. The van der Waals surface area contributed by atoms with Gasteiger partial charge in [-0.3, -0.25) is 0 Å². The summed E-state index contributed by atoms with van der Waals surface area (Å²) in [4.78, 5) is 14.9. The Bertz CT molecular complexity index is 834. The highest BCUT2D eigenvalue weighted by molar-refractivity contribution is 7.90. The normalized spacial score (nSPS) is 21.5. The molecular formula is C21H31N3O3S. The van der Waals surface area contributed by atoms with Gasteiger partial charge in [-0.15, -0.1) is 0 Å². The number of likely N-dealkylation sites (tertiary alicyclic amines) is 1. The first-order valence-electron chi connectivity index (χ1n) is 10.7. The first-order valence-corrected chi connectivity index (χ1v) is 12.3. The minimum Gasteiger partial charge on any atom is -0.307 e. The van der Waals surface area contributed by atoms with E-state index in [2.05, 4.69) is 27.9 Å². The SMILES string of the molecule is CCN1CCC[C@H]1CCS(=O)(=O)NC(=O)Nc1c2c(cc3c1CCC3)CCC2. The Balaban J connectivity index is 1.41. The number of sulfonamides is 1. The fourth-order valence-corrected chi connectivity index (χ4v) is 6.25. The zero-order valence-corrected chi connectivity index (χ0v) is 17.5. The number of fused-ring (bicyclic) bond motifs is 2. The molecule has 1 aromatic rings. The smallest absolute Gasteiger partial charge is 0.307 e. The molecule has 0 bridgehead atoms. The van der Waals surface area contributed by atoms with E-state index in [1.807, 2.05) is 0 Å². The average molecular weight is 406 g/mol. The van der Waals surface area contributed by atoms with Crippen LogP contribution in [0.1, 0.15) is 61.3 Å². The van der Waals surface area contributed by atoms with Gasteiger partial charge in [0.2, 0.25) is 10.0 Å². The maximum atomic E-state index is 12.5. The Morgan fingerprint density at radius 1 is 1.11 bits per heavy atom. The van der Waals surface area contributed by atoms with Crippen molar-refractivity contribution in [2.24, 2.45) is 0 Å². The van der Waals surface area contributed by atoms with Crippen LogP contribution < -0.4 is 10.0 Å². The largest absolute Gasteiger partial charge is 0.332 e. The van der Waals surface area contributed by atoms with Crippen molar-refractivity contribution in [3.05, 3.63) is 28.3 Å². The average Bonchev–Trinajstić information content (AvgIpc) is 3.39. The molecule has 0 spiro atoms. The Kier molecular flexibility index (Phi) is 5.65. The molecule has 7 heteroatoms. The van der Waals surface area contributed by atoms with Crippen LogP contribution in [-0.4, -0.2) is 44.2 Å². The van der Waals surface area contributed by atoms with Gasteiger partial charge in [0.05, 0.1) is 5.75 Å². The fraction of sp³-hybridized carbons (Fsp3) is 0.667. The molecule has 0 radical (unpaired) electrons.